The van der Waals surface area contributed by atoms with Crippen LogP contribution in [0.1, 0.15) is 53.5 Å². The normalized spacial score (nSPS) is 29.4. The number of aromatic nitrogens is 1. The van der Waals surface area contributed by atoms with Crippen molar-refractivity contribution in [2.75, 3.05) is 0 Å². The Balaban J connectivity index is 1.67. The lowest BCUT2D eigenvalue weighted by molar-refractivity contribution is -0.136. The minimum absolute atomic E-state index is 0.100. The number of hydrogen-bond donors (Lipinski definition) is 2. The quantitative estimate of drug-likeness (QED) is 0.743. The Kier molecular flexibility index (Phi) is 4.77. The van der Waals surface area contributed by atoms with Gasteiger partial charge in [-0.2, -0.15) is 0 Å². The fourth-order valence-corrected chi connectivity index (χ4v) is 4.55. The van der Waals surface area contributed by atoms with Gasteiger partial charge in [0.05, 0.1) is 17.2 Å². The second-order valence-electron chi connectivity index (χ2n) is 6.00. The van der Waals surface area contributed by atoms with Crippen LogP contribution in [0.3, 0.4) is 0 Å². The van der Waals surface area contributed by atoms with E-state index in [9.17, 15) is 9.59 Å². The molecule has 1 aromatic rings. The molecule has 0 spiro atoms. The summed E-state index contributed by atoms with van der Waals surface area (Å²) in [6.07, 6.45) is 7.77. The SMILES string of the molecule is O=C(O)CC/C=C\C[C@@H]1[C@H](c2nc(C(=O)O)cs2)[C@H]2CC[C@@H]1O2. The summed E-state index contributed by atoms with van der Waals surface area (Å²) in [5.41, 5.74) is 0.100. The summed E-state index contributed by atoms with van der Waals surface area (Å²) in [6, 6.07) is 0. The van der Waals surface area contributed by atoms with Crippen LogP contribution >= 0.6 is 11.3 Å². The zero-order chi connectivity index (χ0) is 16.4. The van der Waals surface area contributed by atoms with Crippen molar-refractivity contribution in [3.8, 4) is 0 Å². The van der Waals surface area contributed by atoms with Crippen molar-refractivity contribution in [1.82, 2.24) is 4.98 Å². The van der Waals surface area contributed by atoms with Crippen LogP contribution in [0.4, 0.5) is 0 Å². The van der Waals surface area contributed by atoms with Gasteiger partial charge in [0.2, 0.25) is 0 Å². The molecule has 6 nitrogen and oxygen atoms in total. The lowest BCUT2D eigenvalue weighted by Crippen LogP contribution is -2.25. The molecule has 0 unspecified atom stereocenters. The molecule has 2 N–H and O–H groups in total. The van der Waals surface area contributed by atoms with Gasteiger partial charge < -0.3 is 14.9 Å². The molecule has 23 heavy (non-hydrogen) atoms. The highest BCUT2D eigenvalue weighted by atomic mass is 32.1. The van der Waals surface area contributed by atoms with Crippen LogP contribution in [-0.2, 0) is 9.53 Å². The Morgan fingerprint density at radius 1 is 1.30 bits per heavy atom. The lowest BCUT2D eigenvalue weighted by atomic mass is 9.77. The number of aliphatic carboxylic acids is 1. The molecule has 3 rings (SSSR count). The molecule has 0 saturated carbocycles. The fourth-order valence-electron chi connectivity index (χ4n) is 3.53. The van der Waals surface area contributed by atoms with Gasteiger partial charge in [0.15, 0.2) is 5.69 Å². The highest BCUT2D eigenvalue weighted by Gasteiger charge is 2.50. The Labute approximate surface area is 137 Å². The average Bonchev–Trinajstić information content (AvgIpc) is 3.21. The van der Waals surface area contributed by atoms with Gasteiger partial charge in [0, 0.05) is 23.6 Å². The van der Waals surface area contributed by atoms with Crippen LogP contribution in [-0.4, -0.2) is 39.3 Å². The monoisotopic (exact) mass is 337 g/mol. The molecular formula is C16H19NO5S. The summed E-state index contributed by atoms with van der Waals surface area (Å²) in [6.45, 7) is 0. The summed E-state index contributed by atoms with van der Waals surface area (Å²) in [7, 11) is 0. The minimum atomic E-state index is -0.998. The number of carbonyl (C=O) groups is 2. The van der Waals surface area contributed by atoms with E-state index >= 15 is 0 Å². The van der Waals surface area contributed by atoms with Crippen LogP contribution in [0, 0.1) is 5.92 Å². The first-order valence-corrected chi connectivity index (χ1v) is 8.65. The van der Waals surface area contributed by atoms with E-state index in [4.69, 9.17) is 14.9 Å². The Morgan fingerprint density at radius 3 is 2.78 bits per heavy atom. The number of thiazole rings is 1. The highest BCUT2D eigenvalue weighted by Crippen LogP contribution is 2.50. The molecule has 3 heterocycles. The van der Waals surface area contributed by atoms with E-state index < -0.39 is 11.9 Å². The van der Waals surface area contributed by atoms with Crippen molar-refractivity contribution in [2.24, 2.45) is 5.92 Å². The largest absolute Gasteiger partial charge is 0.481 e. The first-order chi connectivity index (χ1) is 11.1. The maximum absolute atomic E-state index is 11.0. The van der Waals surface area contributed by atoms with Crippen LogP contribution in [0.2, 0.25) is 0 Å². The number of rotatable bonds is 7. The molecule has 0 amide bonds. The second-order valence-corrected chi connectivity index (χ2v) is 6.89. The number of aromatic carboxylic acids is 1. The molecule has 1 aromatic heterocycles. The van der Waals surface area contributed by atoms with Crippen molar-refractivity contribution < 1.29 is 24.5 Å². The van der Waals surface area contributed by atoms with Crippen molar-refractivity contribution in [3.05, 3.63) is 28.2 Å². The zero-order valence-corrected chi connectivity index (χ0v) is 13.4. The standard InChI is InChI=1S/C16H19NO5S/c18-13(19)5-3-1-2-4-9-11-6-7-12(22-11)14(9)15-17-10(8-23-15)16(20)21/h1-2,8-9,11-12,14H,3-7H2,(H,18,19)(H,20,21)/b2-1-/t9-,11-,12+,14-/m0/s1. The highest BCUT2D eigenvalue weighted by molar-refractivity contribution is 7.09. The number of ether oxygens (including phenoxy) is 1. The van der Waals surface area contributed by atoms with Crippen molar-refractivity contribution in [1.29, 1.82) is 0 Å². The van der Waals surface area contributed by atoms with Crippen LogP contribution in [0.5, 0.6) is 0 Å². The van der Waals surface area contributed by atoms with Crippen LogP contribution in [0.25, 0.3) is 0 Å². The molecule has 2 bridgehead atoms. The minimum Gasteiger partial charge on any atom is -0.481 e. The lowest BCUT2D eigenvalue weighted by Gasteiger charge is -2.25. The number of carboxylic acids is 2. The van der Waals surface area contributed by atoms with Crippen molar-refractivity contribution in [3.63, 3.8) is 0 Å². The van der Waals surface area contributed by atoms with E-state index in [1.54, 1.807) is 5.38 Å². The molecule has 0 aromatic carbocycles. The summed E-state index contributed by atoms with van der Waals surface area (Å²) < 4.78 is 6.01. The Bertz CT molecular complexity index is 626. The van der Waals surface area contributed by atoms with Gasteiger partial charge in [-0.15, -0.1) is 11.3 Å². The zero-order valence-electron chi connectivity index (χ0n) is 12.6. The molecule has 2 aliphatic heterocycles. The molecule has 7 heteroatoms. The number of carboxylic acid groups (broad SMARTS) is 2. The predicted octanol–water partition coefficient (Wildman–Crippen LogP) is 2.91. The average molecular weight is 337 g/mol. The second kappa shape index (κ2) is 6.80. The van der Waals surface area contributed by atoms with E-state index in [0.29, 0.717) is 12.3 Å². The van der Waals surface area contributed by atoms with Crippen molar-refractivity contribution in [2.45, 2.75) is 50.2 Å². The van der Waals surface area contributed by atoms with Gasteiger partial charge in [-0.05, 0) is 25.7 Å². The smallest absolute Gasteiger partial charge is 0.355 e. The topological polar surface area (TPSA) is 96.7 Å². The molecule has 4 atom stereocenters. The summed E-state index contributed by atoms with van der Waals surface area (Å²) >= 11 is 1.39. The third-order valence-corrected chi connectivity index (χ3v) is 5.50. The number of fused-ring (bicyclic) bond motifs is 2. The van der Waals surface area contributed by atoms with Crippen LogP contribution in [0.15, 0.2) is 17.5 Å². The predicted molar refractivity (Wildman–Crippen MR) is 83.8 cm³/mol. The third-order valence-electron chi connectivity index (χ3n) is 4.55. The van der Waals surface area contributed by atoms with Gasteiger partial charge >= 0.3 is 11.9 Å². The summed E-state index contributed by atoms with van der Waals surface area (Å²) in [5.74, 6) is -1.35. The number of allylic oxidation sites excluding steroid dienone is 2. The van der Waals surface area contributed by atoms with E-state index in [1.807, 2.05) is 12.2 Å². The van der Waals surface area contributed by atoms with E-state index in [0.717, 1.165) is 24.3 Å². The van der Waals surface area contributed by atoms with Gasteiger partial charge in [0.25, 0.3) is 0 Å². The molecule has 2 aliphatic rings. The molecule has 2 saturated heterocycles. The Morgan fingerprint density at radius 2 is 2.09 bits per heavy atom. The molecule has 0 aliphatic carbocycles. The molecule has 0 radical (unpaired) electrons. The Hall–Kier alpha value is -1.73. The van der Waals surface area contributed by atoms with Crippen LogP contribution < -0.4 is 0 Å². The number of nitrogens with zero attached hydrogens (tertiary/aromatic N) is 1. The molecular weight excluding hydrogens is 318 g/mol. The van der Waals surface area contributed by atoms with Gasteiger partial charge in [-0.25, -0.2) is 9.78 Å². The van der Waals surface area contributed by atoms with Crippen molar-refractivity contribution >= 4 is 23.3 Å². The fraction of sp³-hybridized carbons (Fsp3) is 0.562. The van der Waals surface area contributed by atoms with Gasteiger partial charge in [0.1, 0.15) is 0 Å². The first kappa shape index (κ1) is 16.1. The molecule has 124 valence electrons. The van der Waals surface area contributed by atoms with Gasteiger partial charge in [-0.3, -0.25) is 4.79 Å². The first-order valence-electron chi connectivity index (χ1n) is 7.77. The molecule has 2 fully saturated rings. The summed E-state index contributed by atoms with van der Waals surface area (Å²) in [5, 5.41) is 20.1. The van der Waals surface area contributed by atoms with E-state index in [2.05, 4.69) is 4.98 Å². The number of hydrogen-bond acceptors (Lipinski definition) is 5. The third kappa shape index (κ3) is 3.45. The maximum Gasteiger partial charge on any atom is 0.355 e. The van der Waals surface area contributed by atoms with Gasteiger partial charge in [-0.1, -0.05) is 12.2 Å². The summed E-state index contributed by atoms with van der Waals surface area (Å²) in [4.78, 5) is 25.8. The van der Waals surface area contributed by atoms with E-state index in [1.165, 1.54) is 11.3 Å². The van der Waals surface area contributed by atoms with E-state index in [-0.39, 0.29) is 30.2 Å². The maximum atomic E-state index is 11.0.